The van der Waals surface area contributed by atoms with E-state index in [1.807, 2.05) is 18.2 Å². The highest BCUT2D eigenvalue weighted by Crippen LogP contribution is 2.30. The molecule has 1 N–H and O–H groups in total. The molecule has 0 radical (unpaired) electrons. The molecule has 0 aromatic heterocycles. The highest BCUT2D eigenvalue weighted by molar-refractivity contribution is 5.42. The Morgan fingerprint density at radius 3 is 2.25 bits per heavy atom. The van der Waals surface area contributed by atoms with Crippen molar-refractivity contribution in [2.45, 2.75) is 40.7 Å². The number of hydrogen-bond acceptors (Lipinski definition) is 3. The molecule has 0 aliphatic heterocycles. The molecule has 0 amide bonds. The highest BCUT2D eigenvalue weighted by atomic mass is 16.5. The van der Waals surface area contributed by atoms with Gasteiger partial charge in [-0.15, -0.1) is 0 Å². The van der Waals surface area contributed by atoms with E-state index < -0.39 is 0 Å². The summed E-state index contributed by atoms with van der Waals surface area (Å²) in [6.07, 6.45) is 0. The Labute approximate surface area is 123 Å². The van der Waals surface area contributed by atoms with Gasteiger partial charge in [-0.25, -0.2) is 0 Å². The smallest absolute Gasteiger partial charge is 0.123 e. The molecular weight excluding hydrogens is 250 g/mol. The van der Waals surface area contributed by atoms with Gasteiger partial charge in [0.25, 0.3) is 0 Å². The summed E-state index contributed by atoms with van der Waals surface area (Å²) in [7, 11) is 3.39. The number of ether oxygens (including phenoxy) is 2. The summed E-state index contributed by atoms with van der Waals surface area (Å²) in [5, 5.41) is 3.60. The van der Waals surface area contributed by atoms with Crippen molar-refractivity contribution in [2.75, 3.05) is 20.8 Å². The minimum Gasteiger partial charge on any atom is -0.497 e. The fourth-order valence-electron chi connectivity index (χ4n) is 1.95. The lowest BCUT2D eigenvalue weighted by atomic mass is 9.82. The van der Waals surface area contributed by atoms with E-state index in [2.05, 4.69) is 39.9 Å². The Hall–Kier alpha value is -1.22. The van der Waals surface area contributed by atoms with Gasteiger partial charge in [0.1, 0.15) is 11.5 Å². The molecule has 0 spiro atoms. The van der Waals surface area contributed by atoms with Crippen LogP contribution in [0.3, 0.4) is 0 Å². The van der Waals surface area contributed by atoms with Crippen LogP contribution in [-0.2, 0) is 0 Å². The lowest BCUT2D eigenvalue weighted by Crippen LogP contribution is -2.31. The van der Waals surface area contributed by atoms with E-state index in [0.717, 1.165) is 23.6 Å². The number of rotatable bonds is 6. The monoisotopic (exact) mass is 279 g/mol. The van der Waals surface area contributed by atoms with E-state index >= 15 is 0 Å². The van der Waals surface area contributed by atoms with E-state index in [-0.39, 0.29) is 6.04 Å². The van der Waals surface area contributed by atoms with E-state index in [1.165, 1.54) is 0 Å². The molecule has 0 heterocycles. The van der Waals surface area contributed by atoms with Gasteiger partial charge in [-0.1, -0.05) is 27.7 Å². The third-order valence-electron chi connectivity index (χ3n) is 4.11. The van der Waals surface area contributed by atoms with Gasteiger partial charge < -0.3 is 14.8 Å². The first-order chi connectivity index (χ1) is 9.29. The number of hydrogen-bond donors (Lipinski definition) is 1. The summed E-state index contributed by atoms with van der Waals surface area (Å²) in [4.78, 5) is 0. The second kappa shape index (κ2) is 6.98. The SMILES string of the molecule is COc1ccc(OC)c(C(C)NCC(C)C(C)(C)C)c1. The molecule has 0 saturated carbocycles. The van der Waals surface area contributed by atoms with Gasteiger partial charge in [-0.3, -0.25) is 0 Å². The van der Waals surface area contributed by atoms with Crippen LogP contribution in [0.5, 0.6) is 11.5 Å². The van der Waals surface area contributed by atoms with Gasteiger partial charge in [0.15, 0.2) is 0 Å². The lowest BCUT2D eigenvalue weighted by Gasteiger charge is -2.29. The Balaban J connectivity index is 2.78. The van der Waals surface area contributed by atoms with Crippen molar-refractivity contribution in [2.24, 2.45) is 11.3 Å². The Morgan fingerprint density at radius 2 is 1.75 bits per heavy atom. The molecule has 1 aromatic carbocycles. The maximum Gasteiger partial charge on any atom is 0.123 e. The predicted octanol–water partition coefficient (Wildman–Crippen LogP) is 4.04. The van der Waals surface area contributed by atoms with Crippen LogP contribution in [0.4, 0.5) is 0 Å². The maximum atomic E-state index is 5.44. The Morgan fingerprint density at radius 1 is 1.10 bits per heavy atom. The van der Waals surface area contributed by atoms with Crippen molar-refractivity contribution in [3.63, 3.8) is 0 Å². The molecule has 0 aliphatic carbocycles. The molecule has 1 rings (SSSR count). The third kappa shape index (κ3) is 4.41. The van der Waals surface area contributed by atoms with Crippen molar-refractivity contribution >= 4 is 0 Å². The number of nitrogens with one attached hydrogen (secondary N) is 1. The Kier molecular flexibility index (Phi) is 5.88. The van der Waals surface area contributed by atoms with Crippen molar-refractivity contribution in [3.05, 3.63) is 23.8 Å². The summed E-state index contributed by atoms with van der Waals surface area (Å²) in [5.41, 5.74) is 1.44. The molecule has 3 nitrogen and oxygen atoms in total. The summed E-state index contributed by atoms with van der Waals surface area (Å²) in [6.45, 7) is 12.2. The van der Waals surface area contributed by atoms with Crippen molar-refractivity contribution in [1.82, 2.24) is 5.32 Å². The van der Waals surface area contributed by atoms with Crippen LogP contribution in [0, 0.1) is 11.3 Å². The van der Waals surface area contributed by atoms with Crippen molar-refractivity contribution < 1.29 is 9.47 Å². The van der Waals surface area contributed by atoms with Crippen molar-refractivity contribution in [1.29, 1.82) is 0 Å². The first-order valence-electron chi connectivity index (χ1n) is 7.25. The van der Waals surface area contributed by atoms with Gasteiger partial charge in [0.2, 0.25) is 0 Å². The molecule has 20 heavy (non-hydrogen) atoms. The molecule has 0 saturated heterocycles. The number of benzene rings is 1. The fourth-order valence-corrected chi connectivity index (χ4v) is 1.95. The lowest BCUT2D eigenvalue weighted by molar-refractivity contribution is 0.246. The van der Waals surface area contributed by atoms with E-state index in [0.29, 0.717) is 11.3 Å². The molecule has 2 atom stereocenters. The minimum atomic E-state index is 0.227. The minimum absolute atomic E-state index is 0.227. The van der Waals surface area contributed by atoms with Gasteiger partial charge >= 0.3 is 0 Å². The second-order valence-electron chi connectivity index (χ2n) is 6.50. The van der Waals surface area contributed by atoms with Crippen LogP contribution in [0.15, 0.2) is 18.2 Å². The molecule has 0 fully saturated rings. The quantitative estimate of drug-likeness (QED) is 0.852. The predicted molar refractivity (Wildman–Crippen MR) is 84.6 cm³/mol. The standard InChI is InChI=1S/C17H29NO2/c1-12(17(3,4)5)11-18-13(2)15-10-14(19-6)8-9-16(15)20-7/h8-10,12-13,18H,11H2,1-7H3. The topological polar surface area (TPSA) is 30.5 Å². The van der Waals surface area contributed by atoms with Crippen LogP contribution in [0.1, 0.15) is 46.2 Å². The van der Waals surface area contributed by atoms with Crippen molar-refractivity contribution in [3.8, 4) is 11.5 Å². The zero-order valence-corrected chi connectivity index (χ0v) is 13.9. The van der Waals surface area contributed by atoms with Gasteiger partial charge in [0.05, 0.1) is 14.2 Å². The highest BCUT2D eigenvalue weighted by Gasteiger charge is 2.21. The van der Waals surface area contributed by atoms with Crippen LogP contribution < -0.4 is 14.8 Å². The first kappa shape index (κ1) is 16.8. The third-order valence-corrected chi connectivity index (χ3v) is 4.11. The summed E-state index contributed by atoms with van der Waals surface area (Å²) in [6, 6.07) is 6.15. The van der Waals surface area contributed by atoms with Gasteiger partial charge in [0, 0.05) is 11.6 Å². The molecule has 2 unspecified atom stereocenters. The average Bonchev–Trinajstić information content (AvgIpc) is 2.42. The van der Waals surface area contributed by atoms with Crippen LogP contribution in [0.25, 0.3) is 0 Å². The normalized spacial score (nSPS) is 14.8. The number of methoxy groups -OCH3 is 2. The second-order valence-corrected chi connectivity index (χ2v) is 6.50. The fraction of sp³-hybridized carbons (Fsp3) is 0.647. The van der Waals surface area contributed by atoms with E-state index in [4.69, 9.17) is 9.47 Å². The van der Waals surface area contributed by atoms with E-state index in [9.17, 15) is 0 Å². The molecular formula is C17H29NO2. The van der Waals surface area contributed by atoms with Gasteiger partial charge in [-0.05, 0) is 43.0 Å². The molecule has 0 bridgehead atoms. The van der Waals surface area contributed by atoms with Crippen LogP contribution >= 0.6 is 0 Å². The van der Waals surface area contributed by atoms with Crippen LogP contribution in [-0.4, -0.2) is 20.8 Å². The maximum absolute atomic E-state index is 5.44. The molecule has 114 valence electrons. The molecule has 3 heteroatoms. The summed E-state index contributed by atoms with van der Waals surface area (Å²) in [5.74, 6) is 2.36. The molecule has 0 aliphatic rings. The Bertz CT molecular complexity index is 423. The average molecular weight is 279 g/mol. The first-order valence-corrected chi connectivity index (χ1v) is 7.25. The zero-order valence-electron chi connectivity index (χ0n) is 13.9. The zero-order chi connectivity index (χ0) is 15.3. The summed E-state index contributed by atoms with van der Waals surface area (Å²) < 4.78 is 10.7. The largest absolute Gasteiger partial charge is 0.497 e. The van der Waals surface area contributed by atoms with Gasteiger partial charge in [-0.2, -0.15) is 0 Å². The van der Waals surface area contributed by atoms with E-state index in [1.54, 1.807) is 14.2 Å². The molecule has 1 aromatic rings. The summed E-state index contributed by atoms with van der Waals surface area (Å²) >= 11 is 0. The van der Waals surface area contributed by atoms with Crippen LogP contribution in [0.2, 0.25) is 0 Å².